The van der Waals surface area contributed by atoms with Gasteiger partial charge in [-0.15, -0.1) is 0 Å². The number of allylic oxidation sites excluding steroid dienone is 5. The van der Waals surface area contributed by atoms with Crippen molar-refractivity contribution in [1.82, 2.24) is 4.57 Å². The first-order valence-corrected chi connectivity index (χ1v) is 11.0. The third kappa shape index (κ3) is 2.83. The van der Waals surface area contributed by atoms with E-state index >= 15 is 0 Å². The Kier molecular flexibility index (Phi) is 4.54. The number of hydrogen-bond donors (Lipinski definition) is 0. The summed E-state index contributed by atoms with van der Waals surface area (Å²) in [5.41, 5.74) is 11.4. The van der Waals surface area contributed by atoms with Crippen molar-refractivity contribution < 1.29 is 0 Å². The molecule has 3 aromatic rings. The molecule has 1 atom stereocenters. The van der Waals surface area contributed by atoms with Crippen molar-refractivity contribution >= 4 is 22.7 Å². The molecular formula is C28H29N. The molecule has 0 aliphatic heterocycles. The quantitative estimate of drug-likeness (QED) is 0.426. The molecule has 2 aromatic carbocycles. The molecule has 1 heteroatoms. The highest BCUT2D eigenvalue weighted by atomic mass is 15.0. The number of benzene rings is 2. The lowest BCUT2D eigenvalue weighted by Gasteiger charge is -2.24. The maximum Gasteiger partial charge on any atom is 0.0531 e. The standard InChI is InChI=1S/C28H29N/c1-4-5-11-21-13-10-16-24(21)28-25-15-7-6-12-22(25)18-27(28)29-20(3)19(2)23-14-8-9-17-26(23)29/h6-9,12-18,28H,4-5,10-11H2,1-3H3. The molecule has 0 radical (unpaired) electrons. The number of fused-ring (bicyclic) bond motifs is 2. The molecule has 1 heterocycles. The van der Waals surface area contributed by atoms with Gasteiger partial charge in [-0.05, 0) is 73.1 Å². The van der Waals surface area contributed by atoms with E-state index in [1.54, 1.807) is 5.57 Å². The third-order valence-corrected chi connectivity index (χ3v) is 6.77. The minimum Gasteiger partial charge on any atom is -0.316 e. The summed E-state index contributed by atoms with van der Waals surface area (Å²) in [6.07, 6.45) is 12.1. The summed E-state index contributed by atoms with van der Waals surface area (Å²) in [4.78, 5) is 0. The minimum atomic E-state index is 0.325. The van der Waals surface area contributed by atoms with Crippen LogP contribution in [0.15, 0.2) is 71.8 Å². The van der Waals surface area contributed by atoms with Gasteiger partial charge in [0.1, 0.15) is 0 Å². The fourth-order valence-corrected chi connectivity index (χ4v) is 5.18. The maximum absolute atomic E-state index is 2.52. The topological polar surface area (TPSA) is 4.93 Å². The van der Waals surface area contributed by atoms with Gasteiger partial charge in [0, 0.05) is 16.8 Å². The molecule has 0 spiro atoms. The summed E-state index contributed by atoms with van der Waals surface area (Å²) in [5.74, 6) is 0.325. The van der Waals surface area contributed by atoms with Crippen LogP contribution in [0.3, 0.4) is 0 Å². The first-order chi connectivity index (χ1) is 14.2. The summed E-state index contributed by atoms with van der Waals surface area (Å²) >= 11 is 0. The second kappa shape index (κ2) is 7.22. The van der Waals surface area contributed by atoms with E-state index in [1.165, 1.54) is 63.8 Å². The van der Waals surface area contributed by atoms with Gasteiger partial charge >= 0.3 is 0 Å². The minimum absolute atomic E-state index is 0.325. The monoisotopic (exact) mass is 379 g/mol. The predicted molar refractivity (Wildman–Crippen MR) is 125 cm³/mol. The van der Waals surface area contributed by atoms with Crippen LogP contribution in [0, 0.1) is 13.8 Å². The van der Waals surface area contributed by atoms with Crippen molar-refractivity contribution in [2.24, 2.45) is 0 Å². The van der Waals surface area contributed by atoms with Crippen LogP contribution in [0.1, 0.15) is 60.9 Å². The average Bonchev–Trinajstić information content (AvgIpc) is 3.41. The predicted octanol–water partition coefficient (Wildman–Crippen LogP) is 7.80. The molecule has 29 heavy (non-hydrogen) atoms. The summed E-state index contributed by atoms with van der Waals surface area (Å²) in [7, 11) is 0. The molecule has 1 nitrogen and oxygen atoms in total. The number of para-hydroxylation sites is 1. The summed E-state index contributed by atoms with van der Waals surface area (Å²) in [6.45, 7) is 6.81. The first-order valence-electron chi connectivity index (χ1n) is 11.0. The van der Waals surface area contributed by atoms with Gasteiger partial charge in [-0.25, -0.2) is 0 Å². The number of rotatable bonds is 5. The van der Waals surface area contributed by atoms with E-state index in [0.717, 1.165) is 6.42 Å². The molecule has 5 rings (SSSR count). The second-order valence-electron chi connectivity index (χ2n) is 8.42. The largest absolute Gasteiger partial charge is 0.316 e. The summed E-state index contributed by atoms with van der Waals surface area (Å²) < 4.78 is 2.52. The van der Waals surface area contributed by atoms with Crippen molar-refractivity contribution in [3.63, 3.8) is 0 Å². The molecule has 1 aromatic heterocycles. The van der Waals surface area contributed by atoms with Gasteiger partial charge in [0.15, 0.2) is 0 Å². The van der Waals surface area contributed by atoms with Crippen molar-refractivity contribution in [2.45, 2.75) is 52.4 Å². The normalized spacial score (nSPS) is 18.0. The van der Waals surface area contributed by atoms with Crippen LogP contribution in [0.5, 0.6) is 0 Å². The Morgan fingerprint density at radius 2 is 1.76 bits per heavy atom. The Bertz CT molecular complexity index is 1180. The lowest BCUT2D eigenvalue weighted by Crippen LogP contribution is -2.10. The van der Waals surface area contributed by atoms with Crippen LogP contribution < -0.4 is 0 Å². The van der Waals surface area contributed by atoms with Gasteiger partial charge in [-0.2, -0.15) is 0 Å². The molecule has 2 aliphatic carbocycles. The van der Waals surface area contributed by atoms with Crippen LogP contribution in [0.2, 0.25) is 0 Å². The van der Waals surface area contributed by atoms with Gasteiger partial charge in [0.25, 0.3) is 0 Å². The zero-order chi connectivity index (χ0) is 20.0. The van der Waals surface area contributed by atoms with Gasteiger partial charge in [0.05, 0.1) is 11.4 Å². The van der Waals surface area contributed by atoms with Crippen LogP contribution in [0.4, 0.5) is 0 Å². The van der Waals surface area contributed by atoms with Gasteiger partial charge < -0.3 is 4.57 Å². The zero-order valence-electron chi connectivity index (χ0n) is 17.7. The number of hydrogen-bond acceptors (Lipinski definition) is 0. The van der Waals surface area contributed by atoms with Crippen LogP contribution in [-0.2, 0) is 0 Å². The average molecular weight is 380 g/mol. The zero-order valence-corrected chi connectivity index (χ0v) is 17.7. The van der Waals surface area contributed by atoms with Crippen molar-refractivity contribution in [2.75, 3.05) is 0 Å². The Labute approximate surface area is 174 Å². The van der Waals surface area contributed by atoms with E-state index < -0.39 is 0 Å². The number of nitrogens with zero attached hydrogens (tertiary/aromatic N) is 1. The lowest BCUT2D eigenvalue weighted by atomic mass is 9.86. The Balaban J connectivity index is 1.69. The van der Waals surface area contributed by atoms with E-state index in [9.17, 15) is 0 Å². The SMILES string of the molecule is CCCCC1=CCC=C1C1C(n2c(C)c(C)c3ccccc32)=Cc2ccccc21. The van der Waals surface area contributed by atoms with E-state index in [-0.39, 0.29) is 0 Å². The first kappa shape index (κ1) is 18.2. The Morgan fingerprint density at radius 3 is 2.62 bits per heavy atom. The van der Waals surface area contributed by atoms with Crippen molar-refractivity contribution in [3.8, 4) is 0 Å². The van der Waals surface area contributed by atoms with Crippen molar-refractivity contribution in [1.29, 1.82) is 0 Å². The molecule has 0 saturated heterocycles. The molecule has 0 fully saturated rings. The highest BCUT2D eigenvalue weighted by Crippen LogP contribution is 2.49. The number of unbranched alkanes of at least 4 members (excludes halogenated alkanes) is 1. The Morgan fingerprint density at radius 1 is 0.966 bits per heavy atom. The molecule has 1 unspecified atom stereocenters. The molecule has 0 saturated carbocycles. The molecular weight excluding hydrogens is 350 g/mol. The smallest absolute Gasteiger partial charge is 0.0531 e. The van der Waals surface area contributed by atoms with E-state index in [4.69, 9.17) is 0 Å². The van der Waals surface area contributed by atoms with Crippen LogP contribution in [0.25, 0.3) is 22.7 Å². The van der Waals surface area contributed by atoms with E-state index in [2.05, 4.69) is 92.1 Å². The van der Waals surface area contributed by atoms with Gasteiger partial charge in [-0.1, -0.05) is 68.0 Å². The molecule has 0 N–H and O–H groups in total. The van der Waals surface area contributed by atoms with Crippen LogP contribution in [-0.4, -0.2) is 4.57 Å². The highest BCUT2D eigenvalue weighted by molar-refractivity contribution is 5.95. The second-order valence-corrected chi connectivity index (χ2v) is 8.42. The maximum atomic E-state index is 2.52. The summed E-state index contributed by atoms with van der Waals surface area (Å²) in [5, 5.41) is 1.36. The molecule has 2 aliphatic rings. The molecule has 146 valence electrons. The fraction of sp³-hybridized carbons (Fsp3) is 0.286. The van der Waals surface area contributed by atoms with Gasteiger partial charge in [-0.3, -0.25) is 0 Å². The fourth-order valence-electron chi connectivity index (χ4n) is 5.18. The Hall–Kier alpha value is -2.80. The number of aromatic nitrogens is 1. The summed E-state index contributed by atoms with van der Waals surface area (Å²) in [6, 6.07) is 17.8. The van der Waals surface area contributed by atoms with Gasteiger partial charge in [0.2, 0.25) is 0 Å². The highest BCUT2D eigenvalue weighted by Gasteiger charge is 2.33. The third-order valence-electron chi connectivity index (χ3n) is 6.77. The molecule has 0 bridgehead atoms. The van der Waals surface area contributed by atoms with E-state index in [0.29, 0.717) is 5.92 Å². The van der Waals surface area contributed by atoms with E-state index in [1.807, 2.05) is 0 Å². The molecule has 0 amide bonds. The van der Waals surface area contributed by atoms with Crippen molar-refractivity contribution in [3.05, 3.63) is 94.2 Å². The van der Waals surface area contributed by atoms with Crippen LogP contribution >= 0.6 is 0 Å². The lowest BCUT2D eigenvalue weighted by molar-refractivity contribution is 0.782. The number of aryl methyl sites for hydroxylation is 1.